The van der Waals surface area contributed by atoms with Gasteiger partial charge in [0.2, 0.25) is 0 Å². The number of aldehydes is 1. The maximum absolute atomic E-state index is 12.2. The smallest absolute Gasteiger partial charge is 0.135 e. The van der Waals surface area contributed by atoms with Crippen molar-refractivity contribution in [2.45, 2.75) is 57.3 Å². The summed E-state index contributed by atoms with van der Waals surface area (Å²) in [4.78, 5) is 25.7. The summed E-state index contributed by atoms with van der Waals surface area (Å²) in [7, 11) is 0. The summed E-state index contributed by atoms with van der Waals surface area (Å²) in [5, 5.41) is 14.6. The van der Waals surface area contributed by atoms with Gasteiger partial charge in [0.15, 0.2) is 0 Å². The first-order valence-corrected chi connectivity index (χ1v) is 11.8. The van der Waals surface area contributed by atoms with Gasteiger partial charge in [0, 0.05) is 42.8 Å². The average molecular weight is 458 g/mol. The minimum Gasteiger partial charge on any atom is -0.387 e. The van der Waals surface area contributed by atoms with Crippen molar-refractivity contribution in [1.29, 1.82) is 0 Å². The highest BCUT2D eigenvalue weighted by Gasteiger charge is 2.35. The molecule has 0 spiro atoms. The fraction of sp³-hybridized carbons (Fsp3) is 0.542. The van der Waals surface area contributed by atoms with Gasteiger partial charge < -0.3 is 14.8 Å². The largest absolute Gasteiger partial charge is 0.387 e. The molecule has 2 heterocycles. The van der Waals surface area contributed by atoms with E-state index in [4.69, 9.17) is 11.6 Å². The summed E-state index contributed by atoms with van der Waals surface area (Å²) in [5.41, 5.74) is 2.81. The zero-order valence-corrected chi connectivity index (χ0v) is 19.7. The number of carbonyl (C=O) groups excluding carboxylic acids is 1. The molecule has 2 aliphatic rings. The molecule has 4 atom stereocenters. The number of aliphatic hydroxyl groups is 1. The van der Waals surface area contributed by atoms with Crippen LogP contribution >= 0.6 is 11.6 Å². The number of benzene rings is 1. The van der Waals surface area contributed by atoms with Gasteiger partial charge in [0.1, 0.15) is 18.4 Å². The minimum absolute atomic E-state index is 0.104. The molecule has 2 unspecified atom stereocenters. The van der Waals surface area contributed by atoms with Crippen molar-refractivity contribution in [1.82, 2.24) is 20.2 Å². The second-order valence-corrected chi connectivity index (χ2v) is 9.59. The highest BCUT2D eigenvalue weighted by atomic mass is 35.5. The Morgan fingerprint density at radius 3 is 2.47 bits per heavy atom. The Morgan fingerprint density at radius 1 is 1.16 bits per heavy atom. The summed E-state index contributed by atoms with van der Waals surface area (Å²) in [5.74, 6) is 0.894. The van der Waals surface area contributed by atoms with Gasteiger partial charge in [0.25, 0.3) is 0 Å². The zero-order chi connectivity index (χ0) is 22.8. The van der Waals surface area contributed by atoms with Crippen LogP contribution in [0.25, 0.3) is 0 Å². The third kappa shape index (κ3) is 4.66. The van der Waals surface area contributed by atoms with E-state index in [9.17, 15) is 9.90 Å². The molecule has 8 heteroatoms. The first kappa shape index (κ1) is 23.1. The molecule has 1 aromatic heterocycles. The van der Waals surface area contributed by atoms with E-state index in [2.05, 4.69) is 45.9 Å². The molecule has 0 bridgehead atoms. The van der Waals surface area contributed by atoms with Gasteiger partial charge in [-0.25, -0.2) is 9.97 Å². The first-order valence-electron chi connectivity index (χ1n) is 11.4. The SMILES string of the molecule is CC(C)NC(C(C=O)c1ccc(Cl)cc1)N1CCN(c2ncnc3c2[C@H](C)C[C@@H]3O)CC1. The van der Waals surface area contributed by atoms with Gasteiger partial charge in [-0.15, -0.1) is 0 Å². The van der Waals surface area contributed by atoms with Gasteiger partial charge in [-0.05, 0) is 43.9 Å². The van der Waals surface area contributed by atoms with E-state index in [1.165, 1.54) is 0 Å². The molecule has 1 aliphatic carbocycles. The predicted molar refractivity (Wildman–Crippen MR) is 126 cm³/mol. The maximum atomic E-state index is 12.2. The van der Waals surface area contributed by atoms with E-state index in [1.54, 1.807) is 6.33 Å². The fourth-order valence-corrected chi connectivity index (χ4v) is 5.09. The molecule has 1 aliphatic heterocycles. The van der Waals surface area contributed by atoms with Gasteiger partial charge in [-0.2, -0.15) is 0 Å². The Kier molecular flexibility index (Phi) is 7.10. The lowest BCUT2D eigenvalue weighted by Crippen LogP contribution is -2.58. The molecule has 0 radical (unpaired) electrons. The normalized spacial score (nSPS) is 23.2. The number of carbonyl (C=O) groups is 1. The number of fused-ring (bicyclic) bond motifs is 1. The van der Waals surface area contributed by atoms with E-state index >= 15 is 0 Å². The van der Waals surface area contributed by atoms with E-state index in [1.807, 2.05) is 24.3 Å². The highest BCUT2D eigenvalue weighted by molar-refractivity contribution is 6.30. The Labute approximate surface area is 194 Å². The molecule has 1 saturated heterocycles. The zero-order valence-electron chi connectivity index (χ0n) is 18.9. The predicted octanol–water partition coefficient (Wildman–Crippen LogP) is 3.10. The maximum Gasteiger partial charge on any atom is 0.135 e. The molecule has 172 valence electrons. The van der Waals surface area contributed by atoms with Crippen molar-refractivity contribution in [3.63, 3.8) is 0 Å². The number of aliphatic hydroxyl groups excluding tert-OH is 1. The third-order valence-corrected chi connectivity index (χ3v) is 6.78. The second-order valence-electron chi connectivity index (χ2n) is 9.15. The molecule has 1 aromatic carbocycles. The molecule has 4 rings (SSSR count). The van der Waals surface area contributed by atoms with Crippen molar-refractivity contribution in [2.24, 2.45) is 0 Å². The topological polar surface area (TPSA) is 81.6 Å². The Balaban J connectivity index is 1.52. The highest BCUT2D eigenvalue weighted by Crippen LogP contribution is 2.42. The van der Waals surface area contributed by atoms with Gasteiger partial charge >= 0.3 is 0 Å². The monoisotopic (exact) mass is 457 g/mol. The quantitative estimate of drug-likeness (QED) is 0.618. The number of halogens is 1. The Morgan fingerprint density at radius 2 is 1.84 bits per heavy atom. The van der Waals surface area contributed by atoms with Crippen LogP contribution in [0.15, 0.2) is 30.6 Å². The Bertz CT molecular complexity index is 930. The lowest BCUT2D eigenvalue weighted by molar-refractivity contribution is -0.111. The van der Waals surface area contributed by atoms with E-state index in [0.29, 0.717) is 11.4 Å². The summed E-state index contributed by atoms with van der Waals surface area (Å²) in [6.07, 6.45) is 2.69. The van der Waals surface area contributed by atoms with Crippen LogP contribution in [0, 0.1) is 0 Å². The summed E-state index contributed by atoms with van der Waals surface area (Å²) in [6, 6.07) is 7.78. The van der Waals surface area contributed by atoms with Crippen LogP contribution in [0.3, 0.4) is 0 Å². The van der Waals surface area contributed by atoms with E-state index in [0.717, 1.165) is 55.1 Å². The lowest BCUT2D eigenvalue weighted by atomic mass is 9.95. The summed E-state index contributed by atoms with van der Waals surface area (Å²) >= 11 is 6.06. The standard InChI is InChI=1S/C24H32ClN5O2/c1-15(2)28-23(19(13-31)17-4-6-18(25)7-5-17)29-8-10-30(11-9-29)24-21-16(3)12-20(32)22(21)26-14-27-24/h4-7,13-16,19-20,23,28,32H,8-12H2,1-3H3/t16-,19?,20+,23?/m1/s1. The molecule has 0 amide bonds. The van der Waals surface area contributed by atoms with Crippen molar-refractivity contribution in [3.05, 3.63) is 52.4 Å². The number of nitrogens with zero attached hydrogens (tertiary/aromatic N) is 4. The lowest BCUT2D eigenvalue weighted by Gasteiger charge is -2.43. The molecule has 2 N–H and O–H groups in total. The number of aromatic nitrogens is 2. The molecule has 32 heavy (non-hydrogen) atoms. The van der Waals surface area contributed by atoms with Crippen LogP contribution in [-0.4, -0.2) is 64.6 Å². The second kappa shape index (κ2) is 9.83. The van der Waals surface area contributed by atoms with E-state index in [-0.39, 0.29) is 24.0 Å². The molecule has 1 fully saturated rings. The van der Waals surface area contributed by atoms with Crippen LogP contribution < -0.4 is 10.2 Å². The molecular weight excluding hydrogens is 426 g/mol. The molecule has 2 aromatic rings. The van der Waals surface area contributed by atoms with Crippen molar-refractivity contribution in [2.75, 3.05) is 31.1 Å². The number of rotatable bonds is 7. The fourth-order valence-electron chi connectivity index (χ4n) is 4.96. The summed E-state index contributed by atoms with van der Waals surface area (Å²) in [6.45, 7) is 9.54. The molecule has 0 saturated carbocycles. The van der Waals surface area contributed by atoms with Crippen LogP contribution in [0.5, 0.6) is 0 Å². The van der Waals surface area contributed by atoms with Crippen molar-refractivity contribution < 1.29 is 9.90 Å². The van der Waals surface area contributed by atoms with Gasteiger partial charge in [-0.3, -0.25) is 10.2 Å². The van der Waals surface area contributed by atoms with Crippen molar-refractivity contribution in [3.8, 4) is 0 Å². The van der Waals surface area contributed by atoms with Crippen LogP contribution in [0.4, 0.5) is 5.82 Å². The molecular formula is C24H32ClN5O2. The minimum atomic E-state index is -0.504. The average Bonchev–Trinajstić information content (AvgIpc) is 3.08. The van der Waals surface area contributed by atoms with Crippen LogP contribution in [0.1, 0.15) is 62.0 Å². The van der Waals surface area contributed by atoms with Crippen LogP contribution in [0.2, 0.25) is 5.02 Å². The Hall–Kier alpha value is -2.06. The number of anilines is 1. The number of hydrogen-bond acceptors (Lipinski definition) is 7. The van der Waals surface area contributed by atoms with Gasteiger partial charge in [-0.1, -0.05) is 30.7 Å². The summed E-state index contributed by atoms with van der Waals surface area (Å²) < 4.78 is 0. The number of nitrogens with one attached hydrogen (secondary N) is 1. The number of piperazine rings is 1. The van der Waals surface area contributed by atoms with Crippen LogP contribution in [-0.2, 0) is 4.79 Å². The third-order valence-electron chi connectivity index (χ3n) is 6.53. The van der Waals surface area contributed by atoms with Crippen molar-refractivity contribution >= 4 is 23.7 Å². The van der Waals surface area contributed by atoms with E-state index < -0.39 is 6.10 Å². The van der Waals surface area contributed by atoms with Gasteiger partial charge in [0.05, 0.1) is 23.9 Å². The first-order chi connectivity index (χ1) is 15.4. The molecule has 7 nitrogen and oxygen atoms in total. The number of hydrogen-bond donors (Lipinski definition) is 2.